The third-order valence-corrected chi connectivity index (χ3v) is 3.99. The van der Waals surface area contributed by atoms with Crippen molar-refractivity contribution in [1.29, 1.82) is 0 Å². The number of esters is 1. The fraction of sp³-hybridized carbons (Fsp3) is 0.438. The Bertz CT molecular complexity index is 611. The summed E-state index contributed by atoms with van der Waals surface area (Å²) >= 11 is 0. The summed E-state index contributed by atoms with van der Waals surface area (Å²) in [6.45, 7) is 2.76. The summed E-state index contributed by atoms with van der Waals surface area (Å²) in [6, 6.07) is 7.78. The molecule has 106 valence electrons. The maximum atomic E-state index is 11.5. The fourth-order valence-corrected chi connectivity index (χ4v) is 2.81. The van der Waals surface area contributed by atoms with Crippen LogP contribution in [0.15, 0.2) is 30.5 Å². The van der Waals surface area contributed by atoms with Gasteiger partial charge in [-0.15, -0.1) is 0 Å². The lowest BCUT2D eigenvalue weighted by atomic mass is 10.0. The van der Waals surface area contributed by atoms with Crippen molar-refractivity contribution in [3.63, 3.8) is 0 Å². The van der Waals surface area contributed by atoms with Gasteiger partial charge in [-0.25, -0.2) is 4.79 Å². The van der Waals surface area contributed by atoms with E-state index in [0.717, 1.165) is 38.0 Å². The number of fused-ring (bicyclic) bond motifs is 1. The second kappa shape index (κ2) is 5.67. The van der Waals surface area contributed by atoms with Gasteiger partial charge < -0.3 is 14.0 Å². The molecule has 1 saturated heterocycles. The van der Waals surface area contributed by atoms with E-state index in [0.29, 0.717) is 11.5 Å². The summed E-state index contributed by atoms with van der Waals surface area (Å²) in [5, 5.41) is 1.08. The van der Waals surface area contributed by atoms with Gasteiger partial charge in [0.15, 0.2) is 0 Å². The molecule has 1 aliphatic heterocycles. The number of benzene rings is 1. The van der Waals surface area contributed by atoms with Gasteiger partial charge in [0.1, 0.15) is 0 Å². The normalized spacial score (nSPS) is 16.4. The van der Waals surface area contributed by atoms with Crippen molar-refractivity contribution in [2.45, 2.75) is 19.4 Å². The number of rotatable bonds is 3. The Hall–Kier alpha value is -1.81. The van der Waals surface area contributed by atoms with Crippen LogP contribution in [0.3, 0.4) is 0 Å². The highest BCUT2D eigenvalue weighted by Crippen LogP contribution is 2.22. The third kappa shape index (κ3) is 2.56. The molecule has 4 nitrogen and oxygen atoms in total. The number of carbonyl (C=O) groups is 1. The zero-order chi connectivity index (χ0) is 13.9. The second-order valence-electron chi connectivity index (χ2n) is 5.29. The zero-order valence-electron chi connectivity index (χ0n) is 11.7. The summed E-state index contributed by atoms with van der Waals surface area (Å²) < 4.78 is 12.4. The number of aromatic nitrogens is 1. The molecule has 3 rings (SSSR count). The average Bonchev–Trinajstić information content (AvgIpc) is 2.90. The molecule has 1 aliphatic rings. The Kier molecular flexibility index (Phi) is 3.74. The molecule has 0 radical (unpaired) electrons. The lowest BCUT2D eigenvalue weighted by molar-refractivity contribution is 0.0600. The van der Waals surface area contributed by atoms with Crippen LogP contribution in [0.4, 0.5) is 0 Å². The highest BCUT2D eigenvalue weighted by atomic mass is 16.5. The predicted molar refractivity (Wildman–Crippen MR) is 76.8 cm³/mol. The molecule has 1 aromatic carbocycles. The Labute approximate surface area is 118 Å². The summed E-state index contributed by atoms with van der Waals surface area (Å²) in [5.41, 5.74) is 1.77. The summed E-state index contributed by atoms with van der Waals surface area (Å²) in [4.78, 5) is 11.5. The minimum absolute atomic E-state index is 0.288. The second-order valence-corrected chi connectivity index (χ2v) is 5.29. The van der Waals surface area contributed by atoms with Crippen LogP contribution in [-0.2, 0) is 16.0 Å². The standard InChI is InChI=1S/C16H19NO3/c1-19-16(18)14-2-3-15-13(10-14)4-7-17(15)11-12-5-8-20-9-6-12/h2-4,7,10,12H,5-6,8-9,11H2,1H3. The van der Waals surface area contributed by atoms with Crippen molar-refractivity contribution >= 4 is 16.9 Å². The molecule has 4 heteroatoms. The highest BCUT2D eigenvalue weighted by Gasteiger charge is 2.15. The Morgan fingerprint density at radius 2 is 2.15 bits per heavy atom. The van der Waals surface area contributed by atoms with Gasteiger partial charge in [0.25, 0.3) is 0 Å². The molecule has 0 spiro atoms. The predicted octanol–water partition coefficient (Wildman–Crippen LogP) is 2.85. The van der Waals surface area contributed by atoms with Crippen molar-refractivity contribution in [1.82, 2.24) is 4.57 Å². The Balaban J connectivity index is 1.84. The minimum Gasteiger partial charge on any atom is -0.465 e. The maximum Gasteiger partial charge on any atom is 0.337 e. The van der Waals surface area contributed by atoms with Crippen LogP contribution >= 0.6 is 0 Å². The molecule has 0 N–H and O–H groups in total. The van der Waals surface area contributed by atoms with E-state index in [4.69, 9.17) is 9.47 Å². The third-order valence-electron chi connectivity index (χ3n) is 3.99. The first-order chi connectivity index (χ1) is 9.78. The molecule has 1 aromatic heterocycles. The van der Waals surface area contributed by atoms with Gasteiger partial charge in [0.05, 0.1) is 12.7 Å². The van der Waals surface area contributed by atoms with E-state index in [9.17, 15) is 4.79 Å². The topological polar surface area (TPSA) is 40.5 Å². The molecule has 1 fully saturated rings. The quantitative estimate of drug-likeness (QED) is 0.807. The van der Waals surface area contributed by atoms with Gasteiger partial charge in [-0.1, -0.05) is 0 Å². The number of ether oxygens (including phenoxy) is 2. The largest absolute Gasteiger partial charge is 0.465 e. The Morgan fingerprint density at radius 3 is 2.90 bits per heavy atom. The highest BCUT2D eigenvalue weighted by molar-refractivity contribution is 5.94. The van der Waals surface area contributed by atoms with Crippen LogP contribution in [0.25, 0.3) is 10.9 Å². The van der Waals surface area contributed by atoms with Crippen molar-refractivity contribution in [2.75, 3.05) is 20.3 Å². The molecule has 0 atom stereocenters. The fourth-order valence-electron chi connectivity index (χ4n) is 2.81. The molecule has 0 unspecified atom stereocenters. The summed E-state index contributed by atoms with van der Waals surface area (Å²) in [6.07, 6.45) is 4.35. The minimum atomic E-state index is -0.288. The smallest absolute Gasteiger partial charge is 0.337 e. The average molecular weight is 273 g/mol. The van der Waals surface area contributed by atoms with E-state index in [1.54, 1.807) is 0 Å². The van der Waals surface area contributed by atoms with E-state index in [-0.39, 0.29) is 5.97 Å². The van der Waals surface area contributed by atoms with Crippen LogP contribution in [0, 0.1) is 5.92 Å². The molecule has 0 saturated carbocycles. The summed E-state index contributed by atoms with van der Waals surface area (Å²) in [5.74, 6) is 0.392. The molecular weight excluding hydrogens is 254 g/mol. The summed E-state index contributed by atoms with van der Waals surface area (Å²) in [7, 11) is 1.41. The lowest BCUT2D eigenvalue weighted by Crippen LogP contribution is -2.20. The van der Waals surface area contributed by atoms with Crippen LogP contribution in [0.2, 0.25) is 0 Å². The van der Waals surface area contributed by atoms with Gasteiger partial charge >= 0.3 is 5.97 Å². The first-order valence-corrected chi connectivity index (χ1v) is 7.03. The van der Waals surface area contributed by atoms with E-state index < -0.39 is 0 Å². The van der Waals surface area contributed by atoms with Crippen molar-refractivity contribution in [3.8, 4) is 0 Å². The monoisotopic (exact) mass is 273 g/mol. The van der Waals surface area contributed by atoms with E-state index in [1.807, 2.05) is 18.2 Å². The van der Waals surface area contributed by atoms with Crippen molar-refractivity contribution < 1.29 is 14.3 Å². The van der Waals surface area contributed by atoms with Gasteiger partial charge in [0, 0.05) is 36.9 Å². The van der Waals surface area contributed by atoms with Crippen LogP contribution in [0.1, 0.15) is 23.2 Å². The van der Waals surface area contributed by atoms with Gasteiger partial charge in [0.2, 0.25) is 0 Å². The lowest BCUT2D eigenvalue weighted by Gasteiger charge is -2.22. The van der Waals surface area contributed by atoms with E-state index in [2.05, 4.69) is 16.8 Å². The van der Waals surface area contributed by atoms with E-state index in [1.165, 1.54) is 12.6 Å². The van der Waals surface area contributed by atoms with Gasteiger partial charge in [-0.05, 0) is 43.0 Å². The first-order valence-electron chi connectivity index (χ1n) is 7.03. The number of nitrogens with zero attached hydrogens (tertiary/aromatic N) is 1. The number of hydrogen-bond acceptors (Lipinski definition) is 3. The Morgan fingerprint density at radius 1 is 1.35 bits per heavy atom. The van der Waals surface area contributed by atoms with Crippen LogP contribution < -0.4 is 0 Å². The van der Waals surface area contributed by atoms with E-state index >= 15 is 0 Å². The van der Waals surface area contributed by atoms with Gasteiger partial charge in [-0.3, -0.25) is 0 Å². The molecule has 0 amide bonds. The maximum absolute atomic E-state index is 11.5. The SMILES string of the molecule is COC(=O)c1ccc2c(ccn2CC2CCOCC2)c1. The molecule has 0 bridgehead atoms. The molecule has 0 aliphatic carbocycles. The van der Waals surface area contributed by atoms with Crippen molar-refractivity contribution in [3.05, 3.63) is 36.0 Å². The molecule has 20 heavy (non-hydrogen) atoms. The van der Waals surface area contributed by atoms with Crippen molar-refractivity contribution in [2.24, 2.45) is 5.92 Å². The van der Waals surface area contributed by atoms with Crippen LogP contribution in [0.5, 0.6) is 0 Å². The molecule has 2 heterocycles. The van der Waals surface area contributed by atoms with Crippen LogP contribution in [-0.4, -0.2) is 30.9 Å². The number of hydrogen-bond donors (Lipinski definition) is 0. The number of carbonyl (C=O) groups excluding carboxylic acids is 1. The molecular formula is C16H19NO3. The number of methoxy groups -OCH3 is 1. The zero-order valence-corrected chi connectivity index (χ0v) is 11.7. The molecule has 2 aromatic rings. The van der Waals surface area contributed by atoms with Gasteiger partial charge in [-0.2, -0.15) is 0 Å². The first kappa shape index (κ1) is 13.2.